The molecule has 0 bridgehead atoms. The second-order valence-electron chi connectivity index (χ2n) is 9.11. The third-order valence-electron chi connectivity index (χ3n) is 6.98. The Morgan fingerprint density at radius 1 is 0.553 bits per heavy atom. The van der Waals surface area contributed by atoms with Gasteiger partial charge in [-0.2, -0.15) is 15.0 Å². The summed E-state index contributed by atoms with van der Waals surface area (Å²) >= 11 is 6.60. The lowest BCUT2D eigenvalue weighted by Crippen LogP contribution is -2.19. The Hall–Kier alpha value is -4.94. The summed E-state index contributed by atoms with van der Waals surface area (Å²) in [6.45, 7) is 0. The average molecular weight is 512 g/mol. The van der Waals surface area contributed by atoms with Gasteiger partial charge in [-0.05, 0) is 58.8 Å². The average Bonchev–Trinajstić information content (AvgIpc) is 3.30. The number of halogens is 1. The monoisotopic (exact) mass is 511 g/mol. The zero-order chi connectivity index (χ0) is 25.2. The van der Waals surface area contributed by atoms with E-state index in [2.05, 4.69) is 69.1 Å². The molecule has 0 amide bonds. The molecular formula is C31H18ClN5O. The Bertz CT molecular complexity index is 2010. The molecular weight excluding hydrogens is 494 g/mol. The van der Waals surface area contributed by atoms with E-state index in [0.29, 0.717) is 23.4 Å². The Kier molecular flexibility index (Phi) is 4.47. The van der Waals surface area contributed by atoms with Crippen LogP contribution < -0.4 is 9.64 Å². The van der Waals surface area contributed by atoms with Gasteiger partial charge in [-0.1, -0.05) is 72.8 Å². The standard InChI is InChI=1S/C31H18ClN5O/c32-29-33-30(35-31(34-29)37-23-13-5-7-15-26(23)38-27-16-8-6-14-24(27)37)36-22-12-4-3-11-21(22)28-20-10-2-1-9-19(20)17-18-25(28)36/h1-18H. The largest absolute Gasteiger partial charge is 0.453 e. The summed E-state index contributed by atoms with van der Waals surface area (Å²) in [5.41, 5.74) is 3.65. The van der Waals surface area contributed by atoms with Gasteiger partial charge in [0.1, 0.15) is 0 Å². The van der Waals surface area contributed by atoms with Crippen LogP contribution in [0.4, 0.5) is 17.3 Å². The van der Waals surface area contributed by atoms with E-state index < -0.39 is 0 Å². The molecule has 8 rings (SSSR count). The maximum Gasteiger partial charge on any atom is 0.241 e. The van der Waals surface area contributed by atoms with Crippen LogP contribution in [0.5, 0.6) is 11.5 Å². The predicted molar refractivity (Wildman–Crippen MR) is 151 cm³/mol. The minimum atomic E-state index is 0.109. The molecule has 0 saturated carbocycles. The number of ether oxygens (including phenoxy) is 1. The molecule has 180 valence electrons. The minimum Gasteiger partial charge on any atom is -0.453 e. The number of anilines is 3. The van der Waals surface area contributed by atoms with E-state index >= 15 is 0 Å². The van der Waals surface area contributed by atoms with Gasteiger partial charge < -0.3 is 4.74 Å². The summed E-state index contributed by atoms with van der Waals surface area (Å²) in [7, 11) is 0. The van der Waals surface area contributed by atoms with Crippen molar-refractivity contribution in [3.05, 3.63) is 114 Å². The van der Waals surface area contributed by atoms with Crippen molar-refractivity contribution in [2.75, 3.05) is 4.90 Å². The third kappa shape index (κ3) is 3.04. The lowest BCUT2D eigenvalue weighted by molar-refractivity contribution is 0.476. The van der Waals surface area contributed by atoms with Gasteiger partial charge in [0.25, 0.3) is 0 Å². The smallest absolute Gasteiger partial charge is 0.241 e. The molecule has 0 radical (unpaired) electrons. The highest BCUT2D eigenvalue weighted by Crippen LogP contribution is 2.49. The van der Waals surface area contributed by atoms with Gasteiger partial charge in [-0.25, -0.2) is 0 Å². The van der Waals surface area contributed by atoms with Crippen LogP contribution in [0.2, 0.25) is 5.28 Å². The highest BCUT2D eigenvalue weighted by atomic mass is 35.5. The molecule has 0 fully saturated rings. The number of nitrogens with zero attached hydrogens (tertiary/aromatic N) is 5. The van der Waals surface area contributed by atoms with E-state index in [1.54, 1.807) is 0 Å². The summed E-state index contributed by atoms with van der Waals surface area (Å²) in [6.07, 6.45) is 0. The van der Waals surface area contributed by atoms with E-state index in [4.69, 9.17) is 21.3 Å². The van der Waals surface area contributed by atoms with Crippen molar-refractivity contribution in [1.82, 2.24) is 19.5 Å². The molecule has 6 nitrogen and oxygen atoms in total. The van der Waals surface area contributed by atoms with Crippen molar-refractivity contribution in [3.8, 4) is 17.4 Å². The normalized spacial score (nSPS) is 12.5. The molecule has 0 aliphatic carbocycles. The fourth-order valence-corrected chi connectivity index (χ4v) is 5.56. The van der Waals surface area contributed by atoms with E-state index in [1.807, 2.05) is 59.5 Å². The van der Waals surface area contributed by atoms with E-state index in [9.17, 15) is 0 Å². The van der Waals surface area contributed by atoms with Gasteiger partial charge >= 0.3 is 0 Å². The number of hydrogen-bond acceptors (Lipinski definition) is 5. The van der Waals surface area contributed by atoms with E-state index in [0.717, 1.165) is 33.2 Å². The Morgan fingerprint density at radius 2 is 1.18 bits per heavy atom. The molecule has 0 unspecified atom stereocenters. The Balaban J connectivity index is 1.42. The number of rotatable bonds is 2. The summed E-state index contributed by atoms with van der Waals surface area (Å²) in [5.74, 6) is 2.29. The van der Waals surface area contributed by atoms with Crippen LogP contribution in [0, 0.1) is 0 Å². The molecule has 7 aromatic rings. The first-order valence-corrected chi connectivity index (χ1v) is 12.6. The first kappa shape index (κ1) is 21.2. The number of para-hydroxylation sites is 5. The summed E-state index contributed by atoms with van der Waals surface area (Å²) < 4.78 is 8.23. The maximum atomic E-state index is 6.60. The molecule has 0 atom stereocenters. The lowest BCUT2D eigenvalue weighted by atomic mass is 10.0. The molecule has 2 aromatic heterocycles. The number of benzene rings is 5. The summed E-state index contributed by atoms with van der Waals surface area (Å²) in [4.78, 5) is 16.2. The van der Waals surface area contributed by atoms with Gasteiger partial charge in [0.15, 0.2) is 11.5 Å². The zero-order valence-corrected chi connectivity index (χ0v) is 20.7. The fraction of sp³-hybridized carbons (Fsp3) is 0. The van der Waals surface area contributed by atoms with E-state index in [1.165, 1.54) is 10.8 Å². The van der Waals surface area contributed by atoms with Crippen LogP contribution in [-0.4, -0.2) is 19.5 Å². The number of aromatic nitrogens is 4. The molecule has 1 aliphatic rings. The second-order valence-corrected chi connectivity index (χ2v) is 9.45. The van der Waals surface area contributed by atoms with Crippen LogP contribution in [0.1, 0.15) is 0 Å². The van der Waals surface area contributed by atoms with Gasteiger partial charge in [0.2, 0.25) is 17.2 Å². The third-order valence-corrected chi connectivity index (χ3v) is 7.15. The highest BCUT2D eigenvalue weighted by Gasteiger charge is 2.28. The molecule has 0 spiro atoms. The van der Waals surface area contributed by atoms with Crippen LogP contribution in [0.3, 0.4) is 0 Å². The van der Waals surface area contributed by atoms with Crippen molar-refractivity contribution in [2.45, 2.75) is 0 Å². The maximum absolute atomic E-state index is 6.60. The molecule has 38 heavy (non-hydrogen) atoms. The van der Waals surface area contributed by atoms with Crippen LogP contribution in [0.25, 0.3) is 38.5 Å². The van der Waals surface area contributed by atoms with E-state index in [-0.39, 0.29) is 5.28 Å². The van der Waals surface area contributed by atoms with Gasteiger partial charge in [-0.3, -0.25) is 9.47 Å². The first-order chi connectivity index (χ1) is 18.8. The lowest BCUT2D eigenvalue weighted by Gasteiger charge is -2.31. The predicted octanol–water partition coefficient (Wildman–Crippen LogP) is 8.35. The Morgan fingerprint density at radius 3 is 1.97 bits per heavy atom. The van der Waals surface area contributed by atoms with Crippen LogP contribution >= 0.6 is 11.6 Å². The molecule has 1 aliphatic heterocycles. The van der Waals surface area contributed by atoms with Crippen molar-refractivity contribution < 1.29 is 4.74 Å². The topological polar surface area (TPSA) is 56.1 Å². The first-order valence-electron chi connectivity index (χ1n) is 12.3. The molecule has 5 aromatic carbocycles. The fourth-order valence-electron chi connectivity index (χ4n) is 5.40. The van der Waals surface area contributed by atoms with Crippen LogP contribution in [-0.2, 0) is 0 Å². The molecule has 0 N–H and O–H groups in total. The quantitative estimate of drug-likeness (QED) is 0.233. The van der Waals surface area contributed by atoms with Crippen molar-refractivity contribution >= 4 is 61.5 Å². The number of fused-ring (bicyclic) bond motifs is 7. The molecule has 0 saturated heterocycles. The van der Waals surface area contributed by atoms with Gasteiger partial charge in [-0.15, -0.1) is 0 Å². The van der Waals surface area contributed by atoms with Crippen molar-refractivity contribution in [3.63, 3.8) is 0 Å². The zero-order valence-electron chi connectivity index (χ0n) is 19.9. The van der Waals surface area contributed by atoms with Crippen molar-refractivity contribution in [1.29, 1.82) is 0 Å². The molecule has 7 heteroatoms. The van der Waals surface area contributed by atoms with Gasteiger partial charge in [0, 0.05) is 10.8 Å². The second kappa shape index (κ2) is 8.03. The highest BCUT2D eigenvalue weighted by molar-refractivity contribution is 6.28. The van der Waals surface area contributed by atoms with Gasteiger partial charge in [0.05, 0.1) is 22.4 Å². The summed E-state index contributed by atoms with van der Waals surface area (Å²) in [5, 5.41) is 4.74. The van der Waals surface area contributed by atoms with Crippen molar-refractivity contribution in [2.24, 2.45) is 0 Å². The molecule has 3 heterocycles. The van der Waals surface area contributed by atoms with Crippen LogP contribution in [0.15, 0.2) is 109 Å². The Labute approximate surface area is 222 Å². The number of hydrogen-bond donors (Lipinski definition) is 0. The minimum absolute atomic E-state index is 0.109. The summed E-state index contributed by atoms with van der Waals surface area (Å²) in [6, 6.07) is 36.6. The SMILES string of the molecule is Clc1nc(N2c3ccccc3Oc3ccccc32)nc(-n2c3ccccc3c3c4ccccc4ccc32)n1.